The predicted molar refractivity (Wildman–Crippen MR) is 106 cm³/mol. The molecule has 2 amide bonds. The third kappa shape index (κ3) is 4.72. The molecule has 3 rings (SSSR count). The summed E-state index contributed by atoms with van der Waals surface area (Å²) in [6, 6.07) is 10.6. The summed E-state index contributed by atoms with van der Waals surface area (Å²) in [6.07, 6.45) is 0.0520. The number of benzene rings is 1. The maximum absolute atomic E-state index is 12.4. The van der Waals surface area contributed by atoms with Crippen LogP contribution in [0.3, 0.4) is 0 Å². The minimum atomic E-state index is -0.207. The number of amides is 2. The van der Waals surface area contributed by atoms with Gasteiger partial charge in [0.05, 0.1) is 12.2 Å². The van der Waals surface area contributed by atoms with E-state index in [0.29, 0.717) is 24.4 Å². The quantitative estimate of drug-likeness (QED) is 0.858. The molecule has 2 heterocycles. The molecule has 2 aromatic rings. The van der Waals surface area contributed by atoms with Gasteiger partial charge < -0.3 is 14.4 Å². The standard InChI is InChI=1S/C21H27N3O4/c1-14-5-6-15(2)24(14)22-21(26)18-7-9-19(10-8-18)27-13-20(25)23-11-16(3)28-17(4)12-23/h5-10,16-17H,11-13H2,1-4H3,(H,22,26)/t16-,17-/m1/s1. The maximum Gasteiger partial charge on any atom is 0.270 e. The van der Waals surface area contributed by atoms with E-state index in [1.807, 2.05) is 39.8 Å². The summed E-state index contributed by atoms with van der Waals surface area (Å²) < 4.78 is 13.0. The lowest BCUT2D eigenvalue weighted by atomic mass is 10.2. The number of carbonyl (C=O) groups is 2. The van der Waals surface area contributed by atoms with Gasteiger partial charge in [-0.1, -0.05) is 0 Å². The van der Waals surface area contributed by atoms with Gasteiger partial charge in [0.15, 0.2) is 6.61 Å². The van der Waals surface area contributed by atoms with Crippen molar-refractivity contribution in [1.82, 2.24) is 9.58 Å². The van der Waals surface area contributed by atoms with Crippen LogP contribution < -0.4 is 10.2 Å². The number of aromatic nitrogens is 1. The van der Waals surface area contributed by atoms with Crippen LogP contribution in [0.1, 0.15) is 35.6 Å². The van der Waals surface area contributed by atoms with Gasteiger partial charge in [-0.15, -0.1) is 0 Å². The largest absolute Gasteiger partial charge is 0.484 e. The number of hydrogen-bond donors (Lipinski definition) is 1. The highest BCUT2D eigenvalue weighted by molar-refractivity contribution is 6.00. The van der Waals surface area contributed by atoms with Crippen LogP contribution in [-0.2, 0) is 9.53 Å². The fourth-order valence-corrected chi connectivity index (χ4v) is 3.33. The number of aryl methyl sites for hydroxylation is 2. The molecular formula is C21H27N3O4. The van der Waals surface area contributed by atoms with E-state index in [9.17, 15) is 9.59 Å². The lowest BCUT2D eigenvalue weighted by Crippen LogP contribution is -2.49. The summed E-state index contributed by atoms with van der Waals surface area (Å²) in [4.78, 5) is 26.5. The Morgan fingerprint density at radius 2 is 1.61 bits per heavy atom. The minimum absolute atomic E-state index is 0.0260. The Hall–Kier alpha value is -2.80. The second kappa shape index (κ2) is 8.48. The van der Waals surface area contributed by atoms with E-state index in [2.05, 4.69) is 5.43 Å². The normalized spacial score (nSPS) is 19.4. The molecule has 0 unspecified atom stereocenters. The number of nitrogens with zero attached hydrogens (tertiary/aromatic N) is 2. The van der Waals surface area contributed by atoms with Crippen molar-refractivity contribution in [3.63, 3.8) is 0 Å². The van der Waals surface area contributed by atoms with Crippen LogP contribution in [0.2, 0.25) is 0 Å². The van der Waals surface area contributed by atoms with Gasteiger partial charge in [-0.25, -0.2) is 0 Å². The molecule has 1 aromatic carbocycles. The highest BCUT2D eigenvalue weighted by Gasteiger charge is 2.26. The molecule has 7 heteroatoms. The zero-order valence-corrected chi connectivity index (χ0v) is 16.8. The molecular weight excluding hydrogens is 358 g/mol. The molecule has 0 radical (unpaired) electrons. The Balaban J connectivity index is 1.54. The molecule has 1 aliphatic heterocycles. The topological polar surface area (TPSA) is 72.8 Å². The van der Waals surface area contributed by atoms with E-state index in [-0.39, 0.29) is 30.6 Å². The van der Waals surface area contributed by atoms with Gasteiger partial charge in [0.1, 0.15) is 5.75 Å². The van der Waals surface area contributed by atoms with Crippen molar-refractivity contribution in [2.24, 2.45) is 0 Å². The molecule has 1 aromatic heterocycles. The summed E-state index contributed by atoms with van der Waals surface area (Å²) >= 11 is 0. The number of rotatable bonds is 5. The third-order valence-electron chi connectivity index (χ3n) is 4.74. The fraction of sp³-hybridized carbons (Fsp3) is 0.429. The minimum Gasteiger partial charge on any atom is -0.484 e. The zero-order chi connectivity index (χ0) is 20.3. The Morgan fingerprint density at radius 3 is 2.18 bits per heavy atom. The van der Waals surface area contributed by atoms with E-state index in [0.717, 1.165) is 11.4 Å². The molecule has 0 spiro atoms. The van der Waals surface area contributed by atoms with Gasteiger partial charge in [-0.05, 0) is 64.1 Å². The van der Waals surface area contributed by atoms with Crippen LogP contribution in [0.5, 0.6) is 5.75 Å². The first-order valence-electron chi connectivity index (χ1n) is 9.46. The van der Waals surface area contributed by atoms with Crippen LogP contribution in [0.4, 0.5) is 0 Å². The van der Waals surface area contributed by atoms with Crippen molar-refractivity contribution >= 4 is 11.8 Å². The Kier molecular flexibility index (Phi) is 6.04. The van der Waals surface area contributed by atoms with Gasteiger partial charge in [0.2, 0.25) is 0 Å². The molecule has 0 aliphatic carbocycles. The monoisotopic (exact) mass is 385 g/mol. The summed E-state index contributed by atoms with van der Waals surface area (Å²) in [6.45, 7) is 8.88. The van der Waals surface area contributed by atoms with Crippen molar-refractivity contribution in [2.45, 2.75) is 39.9 Å². The lowest BCUT2D eigenvalue weighted by Gasteiger charge is -2.35. The Bertz CT molecular complexity index is 814. The maximum atomic E-state index is 12.4. The third-order valence-corrected chi connectivity index (χ3v) is 4.74. The average molecular weight is 385 g/mol. The summed E-state index contributed by atoms with van der Waals surface area (Å²) in [5, 5.41) is 0. The molecule has 0 saturated carbocycles. The van der Waals surface area contributed by atoms with E-state index in [1.54, 1.807) is 33.8 Å². The van der Waals surface area contributed by atoms with E-state index in [4.69, 9.17) is 9.47 Å². The SMILES string of the molecule is Cc1ccc(C)n1NC(=O)c1ccc(OCC(=O)N2C[C@@H](C)O[C@H](C)C2)cc1. The van der Waals surface area contributed by atoms with Crippen molar-refractivity contribution in [3.05, 3.63) is 53.3 Å². The zero-order valence-electron chi connectivity index (χ0n) is 16.8. The second-order valence-corrected chi connectivity index (χ2v) is 7.26. The molecule has 150 valence electrons. The number of ether oxygens (including phenoxy) is 2. The molecule has 28 heavy (non-hydrogen) atoms. The van der Waals surface area contributed by atoms with E-state index in [1.165, 1.54) is 0 Å². The van der Waals surface area contributed by atoms with Crippen LogP contribution in [0.15, 0.2) is 36.4 Å². The van der Waals surface area contributed by atoms with E-state index < -0.39 is 0 Å². The molecule has 1 N–H and O–H groups in total. The van der Waals surface area contributed by atoms with Gasteiger partial charge in [0, 0.05) is 30.0 Å². The van der Waals surface area contributed by atoms with Gasteiger partial charge >= 0.3 is 0 Å². The fourth-order valence-electron chi connectivity index (χ4n) is 3.33. The first-order valence-corrected chi connectivity index (χ1v) is 9.46. The highest BCUT2D eigenvalue weighted by atomic mass is 16.5. The van der Waals surface area contributed by atoms with Crippen molar-refractivity contribution in [2.75, 3.05) is 25.1 Å². The molecule has 1 saturated heterocycles. The lowest BCUT2D eigenvalue weighted by molar-refractivity contribution is -0.145. The Morgan fingerprint density at radius 1 is 1.04 bits per heavy atom. The Labute approximate surface area is 165 Å². The summed E-state index contributed by atoms with van der Waals surface area (Å²) in [5.41, 5.74) is 5.29. The molecule has 0 bridgehead atoms. The molecule has 1 fully saturated rings. The first kappa shape index (κ1) is 19.9. The smallest absolute Gasteiger partial charge is 0.270 e. The molecule has 1 aliphatic rings. The van der Waals surface area contributed by atoms with Crippen LogP contribution in [0, 0.1) is 13.8 Å². The first-order chi connectivity index (χ1) is 13.3. The molecule has 2 atom stereocenters. The van der Waals surface area contributed by atoms with Crippen LogP contribution >= 0.6 is 0 Å². The highest BCUT2D eigenvalue weighted by Crippen LogP contribution is 2.15. The van der Waals surface area contributed by atoms with Gasteiger partial charge in [-0.2, -0.15) is 0 Å². The van der Waals surface area contributed by atoms with Crippen molar-refractivity contribution < 1.29 is 19.1 Å². The van der Waals surface area contributed by atoms with Crippen LogP contribution in [-0.4, -0.2) is 53.3 Å². The summed E-state index contributed by atoms with van der Waals surface area (Å²) in [5.74, 6) is 0.274. The van der Waals surface area contributed by atoms with Gasteiger partial charge in [0.25, 0.3) is 11.8 Å². The number of carbonyl (C=O) groups excluding carboxylic acids is 2. The predicted octanol–water partition coefficient (Wildman–Crippen LogP) is 2.50. The number of morpholine rings is 1. The number of hydrogen-bond acceptors (Lipinski definition) is 4. The second-order valence-electron chi connectivity index (χ2n) is 7.26. The van der Waals surface area contributed by atoms with E-state index >= 15 is 0 Å². The van der Waals surface area contributed by atoms with Gasteiger partial charge in [-0.3, -0.25) is 19.7 Å². The van der Waals surface area contributed by atoms with Crippen molar-refractivity contribution in [3.8, 4) is 5.75 Å². The van der Waals surface area contributed by atoms with Crippen molar-refractivity contribution in [1.29, 1.82) is 0 Å². The number of nitrogens with one attached hydrogen (secondary N) is 1. The van der Waals surface area contributed by atoms with Crippen LogP contribution in [0.25, 0.3) is 0 Å². The average Bonchev–Trinajstić information content (AvgIpc) is 2.97. The summed E-state index contributed by atoms with van der Waals surface area (Å²) in [7, 11) is 0. The molecule has 7 nitrogen and oxygen atoms in total.